The quantitative estimate of drug-likeness (QED) is 0.539. The topological polar surface area (TPSA) is 23.5 Å². The van der Waals surface area contributed by atoms with Gasteiger partial charge in [-0.05, 0) is 30.5 Å². The van der Waals surface area contributed by atoms with Crippen LogP contribution in [0.4, 0.5) is 5.69 Å². The molecule has 2 heteroatoms. The zero-order valence-electron chi connectivity index (χ0n) is 14.0. The summed E-state index contributed by atoms with van der Waals surface area (Å²) in [4.78, 5) is 2.52. The van der Waals surface area contributed by atoms with Gasteiger partial charge < -0.3 is 10.0 Å². The Morgan fingerprint density at radius 2 is 1.29 bits per heavy atom. The van der Waals surface area contributed by atoms with Crippen molar-refractivity contribution >= 4 is 5.69 Å². The van der Waals surface area contributed by atoms with Crippen molar-refractivity contribution in [3.05, 3.63) is 29.8 Å². The van der Waals surface area contributed by atoms with Crippen LogP contribution in [0.1, 0.15) is 70.8 Å². The van der Waals surface area contributed by atoms with Crippen LogP contribution in [0.2, 0.25) is 0 Å². The normalized spacial score (nSPS) is 10.8. The van der Waals surface area contributed by atoms with Gasteiger partial charge in [-0.3, -0.25) is 0 Å². The van der Waals surface area contributed by atoms with Crippen molar-refractivity contribution in [2.24, 2.45) is 0 Å². The molecule has 0 aliphatic rings. The predicted molar refractivity (Wildman–Crippen MR) is 92.9 cm³/mol. The van der Waals surface area contributed by atoms with E-state index in [0.29, 0.717) is 0 Å². The first-order valence-electron chi connectivity index (χ1n) is 8.76. The number of hydrogen-bond donors (Lipinski definition) is 1. The number of anilines is 1. The molecule has 120 valence electrons. The summed E-state index contributed by atoms with van der Waals surface area (Å²) >= 11 is 0. The van der Waals surface area contributed by atoms with E-state index < -0.39 is 0 Å². The van der Waals surface area contributed by atoms with E-state index in [1.807, 2.05) is 12.1 Å². The molecule has 0 aliphatic carbocycles. The monoisotopic (exact) mass is 291 g/mol. The molecule has 1 N–H and O–H groups in total. The van der Waals surface area contributed by atoms with Crippen molar-refractivity contribution in [1.82, 2.24) is 0 Å². The first kappa shape index (κ1) is 18.0. The third kappa shape index (κ3) is 7.52. The largest absolute Gasteiger partial charge is 0.392 e. The van der Waals surface area contributed by atoms with Gasteiger partial charge in [0, 0.05) is 18.8 Å². The fraction of sp³-hybridized carbons (Fsp3) is 0.684. The van der Waals surface area contributed by atoms with Crippen LogP contribution in [0.25, 0.3) is 0 Å². The fourth-order valence-electron chi connectivity index (χ4n) is 2.64. The van der Waals surface area contributed by atoms with Gasteiger partial charge in [0.2, 0.25) is 0 Å². The summed E-state index contributed by atoms with van der Waals surface area (Å²) in [5.41, 5.74) is 2.30. The Bertz CT molecular complexity index is 335. The smallest absolute Gasteiger partial charge is 0.0681 e. The maximum Gasteiger partial charge on any atom is 0.0681 e. The molecule has 1 aromatic carbocycles. The van der Waals surface area contributed by atoms with E-state index in [2.05, 4.69) is 30.9 Å². The first-order chi connectivity index (χ1) is 10.3. The Balaban J connectivity index is 2.51. The van der Waals surface area contributed by atoms with E-state index in [-0.39, 0.29) is 6.61 Å². The molecule has 0 spiro atoms. The lowest BCUT2D eigenvalue weighted by atomic mass is 10.1. The minimum absolute atomic E-state index is 0.132. The number of nitrogens with zero attached hydrogens (tertiary/aromatic N) is 1. The van der Waals surface area contributed by atoms with Gasteiger partial charge >= 0.3 is 0 Å². The minimum Gasteiger partial charge on any atom is -0.392 e. The SMILES string of the molecule is CCCCCCN(CCCCCC)c1ccc(CO)cc1. The van der Waals surface area contributed by atoms with Crippen molar-refractivity contribution < 1.29 is 5.11 Å². The molecule has 0 aromatic heterocycles. The standard InChI is InChI=1S/C19H33NO/c1-3-5-7-9-15-20(16-10-8-6-4-2)19-13-11-18(17-21)12-14-19/h11-14,21H,3-10,15-17H2,1-2H3. The second-order valence-corrected chi connectivity index (χ2v) is 5.93. The molecule has 1 aromatic rings. The third-order valence-corrected chi connectivity index (χ3v) is 4.05. The number of hydrogen-bond acceptors (Lipinski definition) is 2. The highest BCUT2D eigenvalue weighted by molar-refractivity contribution is 5.47. The maximum absolute atomic E-state index is 9.15. The summed E-state index contributed by atoms with van der Waals surface area (Å²) in [6.07, 6.45) is 10.5. The molecular formula is C19H33NO. The van der Waals surface area contributed by atoms with E-state index >= 15 is 0 Å². The Hall–Kier alpha value is -1.02. The fourth-order valence-corrected chi connectivity index (χ4v) is 2.64. The zero-order chi connectivity index (χ0) is 15.3. The van der Waals surface area contributed by atoms with Crippen LogP contribution in [0.15, 0.2) is 24.3 Å². The van der Waals surface area contributed by atoms with Crippen LogP contribution in [0.3, 0.4) is 0 Å². The summed E-state index contributed by atoms with van der Waals surface area (Å²) in [6.45, 7) is 6.97. The average molecular weight is 291 g/mol. The Kier molecular flexibility index (Phi) is 9.98. The number of rotatable bonds is 12. The Labute approximate surface area is 131 Å². The summed E-state index contributed by atoms with van der Waals surface area (Å²) in [6, 6.07) is 8.40. The number of benzene rings is 1. The molecule has 0 bridgehead atoms. The second-order valence-electron chi connectivity index (χ2n) is 5.93. The van der Waals surface area contributed by atoms with Gasteiger partial charge in [0.05, 0.1) is 6.61 Å². The molecule has 0 heterocycles. The van der Waals surface area contributed by atoms with Crippen molar-refractivity contribution in [1.29, 1.82) is 0 Å². The molecule has 0 aliphatic heterocycles. The summed E-state index contributed by atoms with van der Waals surface area (Å²) in [5.74, 6) is 0. The lowest BCUT2D eigenvalue weighted by molar-refractivity contribution is 0.282. The van der Waals surface area contributed by atoms with Crippen LogP contribution < -0.4 is 4.90 Å². The van der Waals surface area contributed by atoms with Gasteiger partial charge in [0.15, 0.2) is 0 Å². The Morgan fingerprint density at radius 1 is 0.762 bits per heavy atom. The molecule has 21 heavy (non-hydrogen) atoms. The molecular weight excluding hydrogens is 258 g/mol. The molecule has 0 saturated heterocycles. The van der Waals surface area contributed by atoms with Crippen LogP contribution in [0, 0.1) is 0 Å². The van der Waals surface area contributed by atoms with E-state index in [0.717, 1.165) is 18.7 Å². The predicted octanol–water partition coefficient (Wildman–Crippen LogP) is 5.15. The van der Waals surface area contributed by atoms with Crippen LogP contribution in [0.5, 0.6) is 0 Å². The molecule has 0 amide bonds. The molecule has 0 radical (unpaired) electrons. The Morgan fingerprint density at radius 3 is 1.71 bits per heavy atom. The highest BCUT2D eigenvalue weighted by atomic mass is 16.3. The van der Waals surface area contributed by atoms with E-state index in [4.69, 9.17) is 5.11 Å². The summed E-state index contributed by atoms with van der Waals surface area (Å²) < 4.78 is 0. The number of aliphatic hydroxyl groups is 1. The van der Waals surface area contributed by atoms with E-state index in [1.54, 1.807) is 0 Å². The molecule has 2 nitrogen and oxygen atoms in total. The van der Waals surface area contributed by atoms with Crippen LogP contribution in [-0.2, 0) is 6.61 Å². The molecule has 0 fully saturated rings. The first-order valence-corrected chi connectivity index (χ1v) is 8.76. The molecule has 0 saturated carbocycles. The molecule has 0 unspecified atom stereocenters. The maximum atomic E-state index is 9.15. The van der Waals surface area contributed by atoms with Crippen molar-refractivity contribution in [2.75, 3.05) is 18.0 Å². The van der Waals surface area contributed by atoms with Gasteiger partial charge in [0.1, 0.15) is 0 Å². The van der Waals surface area contributed by atoms with Crippen molar-refractivity contribution in [3.8, 4) is 0 Å². The van der Waals surface area contributed by atoms with Gasteiger partial charge in [-0.15, -0.1) is 0 Å². The van der Waals surface area contributed by atoms with E-state index in [1.165, 1.54) is 57.1 Å². The highest BCUT2D eigenvalue weighted by Crippen LogP contribution is 2.18. The van der Waals surface area contributed by atoms with Crippen LogP contribution in [-0.4, -0.2) is 18.2 Å². The van der Waals surface area contributed by atoms with E-state index in [9.17, 15) is 0 Å². The van der Waals surface area contributed by atoms with Gasteiger partial charge in [-0.2, -0.15) is 0 Å². The second kappa shape index (κ2) is 11.6. The number of aliphatic hydroxyl groups excluding tert-OH is 1. The molecule has 0 atom stereocenters. The number of unbranched alkanes of at least 4 members (excludes halogenated alkanes) is 6. The van der Waals surface area contributed by atoms with Crippen molar-refractivity contribution in [3.63, 3.8) is 0 Å². The lowest BCUT2D eigenvalue weighted by Crippen LogP contribution is -2.25. The van der Waals surface area contributed by atoms with Crippen molar-refractivity contribution in [2.45, 2.75) is 71.8 Å². The average Bonchev–Trinajstić information content (AvgIpc) is 2.53. The summed E-state index contributed by atoms with van der Waals surface area (Å²) in [5, 5.41) is 9.15. The van der Waals surface area contributed by atoms with Crippen LogP contribution >= 0.6 is 0 Å². The summed E-state index contributed by atoms with van der Waals surface area (Å²) in [7, 11) is 0. The van der Waals surface area contributed by atoms with Gasteiger partial charge in [-0.25, -0.2) is 0 Å². The minimum atomic E-state index is 0.132. The lowest BCUT2D eigenvalue weighted by Gasteiger charge is -2.25. The zero-order valence-corrected chi connectivity index (χ0v) is 14.0. The van der Waals surface area contributed by atoms with Gasteiger partial charge in [-0.1, -0.05) is 64.5 Å². The highest BCUT2D eigenvalue weighted by Gasteiger charge is 2.06. The molecule has 1 rings (SSSR count). The third-order valence-electron chi connectivity index (χ3n) is 4.05. The van der Waals surface area contributed by atoms with Gasteiger partial charge in [0.25, 0.3) is 0 Å².